The van der Waals surface area contributed by atoms with Crippen LogP contribution in [0.15, 0.2) is 30.3 Å². The molecule has 2 aliphatic rings. The van der Waals surface area contributed by atoms with Crippen molar-refractivity contribution in [2.45, 2.75) is 37.8 Å². The van der Waals surface area contributed by atoms with Gasteiger partial charge in [0.05, 0.1) is 5.69 Å². The molecule has 6 nitrogen and oxygen atoms in total. The Morgan fingerprint density at radius 3 is 2.41 bits per heavy atom. The van der Waals surface area contributed by atoms with E-state index in [2.05, 4.69) is 25.8 Å². The Bertz CT molecular complexity index is 785. The molecule has 160 valence electrons. The second-order valence-corrected chi connectivity index (χ2v) is 7.68. The minimum absolute atomic E-state index is 0. The number of rotatable bonds is 4. The summed E-state index contributed by atoms with van der Waals surface area (Å²) in [4.78, 5) is 13.6. The van der Waals surface area contributed by atoms with Gasteiger partial charge in [-0.2, -0.15) is 4.98 Å². The smallest absolute Gasteiger partial charge is 0.222 e. The Hall–Kier alpha value is -1.67. The Morgan fingerprint density at radius 2 is 1.72 bits per heavy atom. The number of nitrogen functional groups attached to an aromatic ring is 1. The van der Waals surface area contributed by atoms with Gasteiger partial charge in [-0.15, -0.1) is 24.8 Å². The fourth-order valence-electron chi connectivity index (χ4n) is 3.95. The predicted molar refractivity (Wildman–Crippen MR) is 119 cm³/mol. The maximum absolute atomic E-state index is 13.1. The van der Waals surface area contributed by atoms with E-state index in [0.29, 0.717) is 11.9 Å². The average Bonchev–Trinajstić information content (AvgIpc) is 2.86. The van der Waals surface area contributed by atoms with Crippen LogP contribution < -0.4 is 16.4 Å². The molecule has 0 bridgehead atoms. The van der Waals surface area contributed by atoms with E-state index in [4.69, 9.17) is 11.5 Å². The highest BCUT2D eigenvalue weighted by molar-refractivity contribution is 5.85. The lowest BCUT2D eigenvalue weighted by atomic mass is 9.78. The van der Waals surface area contributed by atoms with Gasteiger partial charge in [-0.3, -0.25) is 4.90 Å². The minimum atomic E-state index is -0.189. The second kappa shape index (κ2) is 10.4. The van der Waals surface area contributed by atoms with Gasteiger partial charge in [-0.05, 0) is 37.0 Å². The lowest BCUT2D eigenvalue weighted by Crippen LogP contribution is -2.35. The summed E-state index contributed by atoms with van der Waals surface area (Å²) in [5, 5.41) is 0. The molecular weight excluding hydrogens is 414 g/mol. The van der Waals surface area contributed by atoms with E-state index in [1.807, 2.05) is 12.1 Å². The van der Waals surface area contributed by atoms with E-state index in [9.17, 15) is 4.39 Å². The lowest BCUT2D eigenvalue weighted by molar-refractivity contribution is 0.285. The number of halogens is 3. The first kappa shape index (κ1) is 23.6. The van der Waals surface area contributed by atoms with Crippen molar-refractivity contribution < 1.29 is 4.39 Å². The van der Waals surface area contributed by atoms with Crippen LogP contribution in [0.25, 0.3) is 0 Å². The molecule has 0 unspecified atom stereocenters. The average molecular weight is 443 g/mol. The third-order valence-corrected chi connectivity index (χ3v) is 5.57. The fraction of sp³-hybridized carbons (Fsp3) is 0.500. The first-order valence-corrected chi connectivity index (χ1v) is 9.68. The van der Waals surface area contributed by atoms with Gasteiger partial charge in [0.2, 0.25) is 5.95 Å². The fourth-order valence-corrected chi connectivity index (χ4v) is 3.95. The molecule has 4 rings (SSSR count). The summed E-state index contributed by atoms with van der Waals surface area (Å²) in [7, 11) is 0. The molecule has 0 radical (unpaired) electrons. The SMILES string of the molecule is Cl.Cl.Nc1nc(C2CC(N)C2)cc(N2CCCN(Cc3ccc(F)cc3)CC2)n1. The van der Waals surface area contributed by atoms with Gasteiger partial charge in [0.25, 0.3) is 0 Å². The number of anilines is 2. The van der Waals surface area contributed by atoms with Crippen LogP contribution >= 0.6 is 24.8 Å². The van der Waals surface area contributed by atoms with Crippen molar-refractivity contribution in [1.29, 1.82) is 0 Å². The molecule has 1 saturated carbocycles. The molecule has 1 aliphatic heterocycles. The van der Waals surface area contributed by atoms with Crippen molar-refractivity contribution >= 4 is 36.6 Å². The summed E-state index contributed by atoms with van der Waals surface area (Å²) in [6.45, 7) is 4.62. The van der Waals surface area contributed by atoms with Crippen LogP contribution in [0.1, 0.15) is 36.4 Å². The third-order valence-electron chi connectivity index (χ3n) is 5.57. The molecule has 2 heterocycles. The number of nitrogens with zero attached hydrogens (tertiary/aromatic N) is 4. The van der Waals surface area contributed by atoms with Crippen LogP contribution in [-0.4, -0.2) is 47.1 Å². The maximum Gasteiger partial charge on any atom is 0.222 e. The molecule has 1 aliphatic carbocycles. The van der Waals surface area contributed by atoms with E-state index in [0.717, 1.165) is 69.1 Å². The Labute approximate surface area is 183 Å². The largest absolute Gasteiger partial charge is 0.368 e. The van der Waals surface area contributed by atoms with E-state index < -0.39 is 0 Å². The van der Waals surface area contributed by atoms with Crippen molar-refractivity contribution in [2.75, 3.05) is 36.8 Å². The quantitative estimate of drug-likeness (QED) is 0.756. The van der Waals surface area contributed by atoms with Crippen molar-refractivity contribution in [3.8, 4) is 0 Å². The number of nitrogens with two attached hydrogens (primary N) is 2. The van der Waals surface area contributed by atoms with Crippen molar-refractivity contribution in [3.63, 3.8) is 0 Å². The highest BCUT2D eigenvalue weighted by atomic mass is 35.5. The molecule has 4 N–H and O–H groups in total. The summed E-state index contributed by atoms with van der Waals surface area (Å²) in [6, 6.07) is 9.14. The zero-order valence-electron chi connectivity index (χ0n) is 16.3. The third kappa shape index (κ3) is 5.92. The molecular formula is C20H29Cl2FN6. The van der Waals surface area contributed by atoms with Crippen molar-refractivity contribution in [1.82, 2.24) is 14.9 Å². The molecule has 29 heavy (non-hydrogen) atoms. The summed E-state index contributed by atoms with van der Waals surface area (Å²) >= 11 is 0. The van der Waals surface area contributed by atoms with Crippen LogP contribution in [-0.2, 0) is 6.54 Å². The normalized spacial score (nSPS) is 22.1. The second-order valence-electron chi connectivity index (χ2n) is 7.68. The van der Waals surface area contributed by atoms with Crippen LogP contribution in [0.3, 0.4) is 0 Å². The van der Waals surface area contributed by atoms with E-state index >= 15 is 0 Å². The van der Waals surface area contributed by atoms with Gasteiger partial charge in [-0.1, -0.05) is 12.1 Å². The summed E-state index contributed by atoms with van der Waals surface area (Å²) in [5.41, 5.74) is 14.1. The van der Waals surface area contributed by atoms with Crippen LogP contribution in [0.4, 0.5) is 16.2 Å². The molecule has 1 saturated heterocycles. The Balaban J connectivity index is 0.00000150. The van der Waals surface area contributed by atoms with Gasteiger partial charge in [0.15, 0.2) is 0 Å². The zero-order valence-corrected chi connectivity index (χ0v) is 18.0. The van der Waals surface area contributed by atoms with Gasteiger partial charge in [0.1, 0.15) is 11.6 Å². The Morgan fingerprint density at radius 1 is 1.00 bits per heavy atom. The first-order chi connectivity index (χ1) is 13.1. The number of benzene rings is 1. The van der Waals surface area contributed by atoms with Crippen molar-refractivity contribution in [3.05, 3.63) is 47.4 Å². The highest BCUT2D eigenvalue weighted by Gasteiger charge is 2.29. The molecule has 1 aromatic heterocycles. The molecule has 0 amide bonds. The van der Waals surface area contributed by atoms with Crippen LogP contribution in [0, 0.1) is 5.82 Å². The van der Waals surface area contributed by atoms with E-state index in [1.165, 1.54) is 12.1 Å². The molecule has 2 aromatic rings. The molecule has 9 heteroatoms. The highest BCUT2D eigenvalue weighted by Crippen LogP contribution is 2.36. The van der Waals surface area contributed by atoms with Crippen LogP contribution in [0.5, 0.6) is 0 Å². The standard InChI is InChI=1S/C20H27FN6.2ClH/c21-16-4-2-14(3-5-16)13-26-6-1-7-27(9-8-26)19-12-18(24-20(23)25-19)15-10-17(22)11-15;;/h2-5,12,15,17H,1,6-11,13,22H2,(H2,23,24,25);2*1H. The predicted octanol–water partition coefficient (Wildman–Crippen LogP) is 2.96. The first-order valence-electron chi connectivity index (χ1n) is 9.68. The number of aromatic nitrogens is 2. The number of hydrogen-bond acceptors (Lipinski definition) is 6. The monoisotopic (exact) mass is 442 g/mol. The number of hydrogen-bond donors (Lipinski definition) is 2. The lowest BCUT2D eigenvalue weighted by Gasteiger charge is -2.32. The van der Waals surface area contributed by atoms with Crippen molar-refractivity contribution in [2.24, 2.45) is 5.73 Å². The van der Waals surface area contributed by atoms with Crippen LogP contribution in [0.2, 0.25) is 0 Å². The molecule has 1 aromatic carbocycles. The van der Waals surface area contributed by atoms with Gasteiger partial charge in [0, 0.05) is 50.7 Å². The van der Waals surface area contributed by atoms with Gasteiger partial charge < -0.3 is 16.4 Å². The molecule has 0 spiro atoms. The van der Waals surface area contributed by atoms with Gasteiger partial charge >= 0.3 is 0 Å². The summed E-state index contributed by atoms with van der Waals surface area (Å²) in [6.07, 6.45) is 3.00. The Kier molecular flexibility index (Phi) is 8.46. The van der Waals surface area contributed by atoms with Gasteiger partial charge in [-0.25, -0.2) is 9.37 Å². The topological polar surface area (TPSA) is 84.3 Å². The molecule has 2 fully saturated rings. The molecule has 0 atom stereocenters. The maximum atomic E-state index is 13.1. The summed E-state index contributed by atoms with van der Waals surface area (Å²) < 4.78 is 13.1. The van der Waals surface area contributed by atoms with E-state index in [1.54, 1.807) is 0 Å². The summed E-state index contributed by atoms with van der Waals surface area (Å²) in [5.74, 6) is 1.48. The van der Waals surface area contributed by atoms with E-state index in [-0.39, 0.29) is 36.7 Å². The minimum Gasteiger partial charge on any atom is -0.368 e. The zero-order chi connectivity index (χ0) is 18.8.